The molecule has 1 rings (SSSR count). The number of likely N-dealkylation sites (N-methyl/N-ethyl adjacent to an activating group) is 1. The summed E-state index contributed by atoms with van der Waals surface area (Å²) >= 11 is 0. The number of non-ortho nitro benzene ring substituents is 1. The van der Waals surface area contributed by atoms with Crippen LogP contribution in [0.15, 0.2) is 30.3 Å². The normalized spacial score (nSPS) is 10.9. The van der Waals surface area contributed by atoms with E-state index in [0.717, 1.165) is 6.54 Å². The van der Waals surface area contributed by atoms with Crippen LogP contribution in [-0.2, 0) is 4.79 Å². The Kier molecular flexibility index (Phi) is 5.69. The second-order valence-corrected chi connectivity index (χ2v) is 4.28. The van der Waals surface area contributed by atoms with Crippen molar-refractivity contribution in [3.8, 4) is 0 Å². The average Bonchev–Trinajstić information content (AvgIpc) is 2.36. The summed E-state index contributed by atoms with van der Waals surface area (Å²) in [4.78, 5) is 23.6. The van der Waals surface area contributed by atoms with Crippen molar-refractivity contribution < 1.29 is 9.72 Å². The Morgan fingerprint density at radius 1 is 1.47 bits per heavy atom. The van der Waals surface area contributed by atoms with Crippen LogP contribution in [0.2, 0.25) is 0 Å². The average molecular weight is 263 g/mol. The predicted octanol–water partition coefficient (Wildman–Crippen LogP) is 1.29. The fourth-order valence-electron chi connectivity index (χ4n) is 1.38. The molecule has 0 spiro atoms. The number of nitro benzene ring substituents is 1. The summed E-state index contributed by atoms with van der Waals surface area (Å²) in [6, 6.07) is 6.12. The van der Waals surface area contributed by atoms with Crippen LogP contribution in [0.1, 0.15) is 5.56 Å². The minimum absolute atomic E-state index is 0.00941. The van der Waals surface area contributed by atoms with Crippen LogP contribution in [0.3, 0.4) is 0 Å². The second kappa shape index (κ2) is 7.27. The third kappa shape index (κ3) is 5.78. The molecule has 0 aliphatic carbocycles. The van der Waals surface area contributed by atoms with E-state index in [-0.39, 0.29) is 11.6 Å². The molecule has 1 amide bonds. The molecule has 1 aromatic rings. The first kappa shape index (κ1) is 14.8. The number of carbonyl (C=O) groups excluding carboxylic acids is 1. The first-order valence-electron chi connectivity index (χ1n) is 5.84. The molecule has 0 fully saturated rings. The number of nitrogens with one attached hydrogen (secondary N) is 1. The summed E-state index contributed by atoms with van der Waals surface area (Å²) in [6.07, 6.45) is 2.92. The van der Waals surface area contributed by atoms with Crippen LogP contribution in [-0.4, -0.2) is 42.9 Å². The Morgan fingerprint density at radius 3 is 2.84 bits per heavy atom. The maximum absolute atomic E-state index is 11.5. The van der Waals surface area contributed by atoms with Crippen molar-refractivity contribution in [2.24, 2.45) is 0 Å². The van der Waals surface area contributed by atoms with Gasteiger partial charge in [0.1, 0.15) is 0 Å². The van der Waals surface area contributed by atoms with Gasteiger partial charge in [-0.25, -0.2) is 0 Å². The van der Waals surface area contributed by atoms with Gasteiger partial charge in [0.2, 0.25) is 5.91 Å². The third-order valence-corrected chi connectivity index (χ3v) is 2.37. The van der Waals surface area contributed by atoms with Gasteiger partial charge in [-0.2, -0.15) is 0 Å². The van der Waals surface area contributed by atoms with Crippen molar-refractivity contribution >= 4 is 17.7 Å². The van der Waals surface area contributed by atoms with Crippen molar-refractivity contribution in [1.29, 1.82) is 0 Å². The summed E-state index contributed by atoms with van der Waals surface area (Å²) < 4.78 is 0. The number of nitrogens with zero attached hydrogens (tertiary/aromatic N) is 2. The van der Waals surface area contributed by atoms with Crippen LogP contribution in [0.25, 0.3) is 6.08 Å². The van der Waals surface area contributed by atoms with Gasteiger partial charge in [-0.1, -0.05) is 12.1 Å². The van der Waals surface area contributed by atoms with Crippen LogP contribution in [0.4, 0.5) is 5.69 Å². The molecule has 0 unspecified atom stereocenters. The highest BCUT2D eigenvalue weighted by Gasteiger charge is 2.04. The first-order valence-corrected chi connectivity index (χ1v) is 5.84. The largest absolute Gasteiger partial charge is 0.351 e. The summed E-state index contributed by atoms with van der Waals surface area (Å²) in [7, 11) is 3.84. The minimum atomic E-state index is -0.464. The molecule has 102 valence electrons. The van der Waals surface area contributed by atoms with Gasteiger partial charge in [0, 0.05) is 31.3 Å². The van der Waals surface area contributed by atoms with E-state index in [1.54, 1.807) is 18.2 Å². The number of benzene rings is 1. The van der Waals surface area contributed by atoms with Crippen molar-refractivity contribution in [2.45, 2.75) is 0 Å². The molecular weight excluding hydrogens is 246 g/mol. The second-order valence-electron chi connectivity index (χ2n) is 4.28. The number of hydrogen-bond donors (Lipinski definition) is 1. The van der Waals surface area contributed by atoms with Gasteiger partial charge < -0.3 is 10.2 Å². The Morgan fingerprint density at radius 2 is 2.21 bits per heavy atom. The monoisotopic (exact) mass is 263 g/mol. The smallest absolute Gasteiger partial charge is 0.270 e. The molecule has 6 heteroatoms. The molecule has 0 radical (unpaired) electrons. The maximum atomic E-state index is 11.5. The van der Waals surface area contributed by atoms with Crippen LogP contribution < -0.4 is 5.32 Å². The van der Waals surface area contributed by atoms with Gasteiger partial charge in [0.05, 0.1) is 4.92 Å². The Labute approximate surface area is 111 Å². The van der Waals surface area contributed by atoms with Gasteiger partial charge in [0.25, 0.3) is 5.69 Å². The highest BCUT2D eigenvalue weighted by Crippen LogP contribution is 2.13. The molecule has 1 N–H and O–H groups in total. The Hall–Kier alpha value is -2.21. The van der Waals surface area contributed by atoms with Crippen molar-refractivity contribution in [3.05, 3.63) is 46.0 Å². The molecule has 0 heterocycles. The molecule has 1 aromatic carbocycles. The molecule has 0 aliphatic heterocycles. The van der Waals surface area contributed by atoms with Crippen LogP contribution in [0.5, 0.6) is 0 Å². The van der Waals surface area contributed by atoms with Crippen LogP contribution in [0, 0.1) is 10.1 Å². The summed E-state index contributed by atoms with van der Waals surface area (Å²) in [6.45, 7) is 1.32. The number of carbonyl (C=O) groups is 1. The summed E-state index contributed by atoms with van der Waals surface area (Å²) in [5.41, 5.74) is 0.632. The molecule has 0 aliphatic rings. The predicted molar refractivity (Wildman–Crippen MR) is 73.7 cm³/mol. The summed E-state index contributed by atoms with van der Waals surface area (Å²) in [5.74, 6) is -0.214. The van der Waals surface area contributed by atoms with E-state index >= 15 is 0 Å². The van der Waals surface area contributed by atoms with Crippen molar-refractivity contribution in [3.63, 3.8) is 0 Å². The number of rotatable bonds is 6. The summed E-state index contributed by atoms with van der Waals surface area (Å²) in [5, 5.41) is 13.3. The zero-order valence-electron chi connectivity index (χ0n) is 11.0. The topological polar surface area (TPSA) is 75.5 Å². The molecule has 0 atom stereocenters. The zero-order chi connectivity index (χ0) is 14.3. The quantitative estimate of drug-likeness (QED) is 0.476. The lowest BCUT2D eigenvalue weighted by Gasteiger charge is -2.08. The highest BCUT2D eigenvalue weighted by atomic mass is 16.6. The van der Waals surface area contributed by atoms with E-state index in [0.29, 0.717) is 12.1 Å². The lowest BCUT2D eigenvalue weighted by atomic mass is 10.2. The molecule has 0 aromatic heterocycles. The van der Waals surface area contributed by atoms with Gasteiger partial charge in [-0.15, -0.1) is 0 Å². The molecule has 0 bridgehead atoms. The van der Waals surface area contributed by atoms with E-state index in [4.69, 9.17) is 0 Å². The molecule has 19 heavy (non-hydrogen) atoms. The lowest BCUT2D eigenvalue weighted by molar-refractivity contribution is -0.384. The van der Waals surface area contributed by atoms with Gasteiger partial charge in [-0.3, -0.25) is 14.9 Å². The third-order valence-electron chi connectivity index (χ3n) is 2.37. The van der Waals surface area contributed by atoms with Gasteiger partial charge in [0.15, 0.2) is 0 Å². The van der Waals surface area contributed by atoms with Crippen molar-refractivity contribution in [1.82, 2.24) is 10.2 Å². The van der Waals surface area contributed by atoms with E-state index in [9.17, 15) is 14.9 Å². The van der Waals surface area contributed by atoms with E-state index in [1.165, 1.54) is 18.2 Å². The first-order chi connectivity index (χ1) is 8.99. The molecule has 0 saturated heterocycles. The van der Waals surface area contributed by atoms with Gasteiger partial charge in [-0.05, 0) is 25.7 Å². The fraction of sp³-hybridized carbons (Fsp3) is 0.308. The molecular formula is C13H17N3O3. The number of nitro groups is 1. The maximum Gasteiger partial charge on any atom is 0.270 e. The van der Waals surface area contributed by atoms with E-state index in [2.05, 4.69) is 5.32 Å². The highest BCUT2D eigenvalue weighted by molar-refractivity contribution is 5.91. The van der Waals surface area contributed by atoms with Gasteiger partial charge >= 0.3 is 0 Å². The molecule has 6 nitrogen and oxygen atoms in total. The number of hydrogen-bond acceptors (Lipinski definition) is 4. The van der Waals surface area contributed by atoms with Crippen LogP contribution >= 0.6 is 0 Å². The molecule has 0 saturated carbocycles. The standard InChI is InChI=1S/C13H17N3O3/c1-15(2)9-8-14-13(17)7-6-11-4-3-5-12(10-11)16(18)19/h3-7,10H,8-9H2,1-2H3,(H,14,17)/b7-6+. The minimum Gasteiger partial charge on any atom is -0.351 e. The Bertz CT molecular complexity index is 484. The lowest BCUT2D eigenvalue weighted by Crippen LogP contribution is -2.30. The fourth-order valence-corrected chi connectivity index (χ4v) is 1.38. The van der Waals surface area contributed by atoms with E-state index < -0.39 is 4.92 Å². The SMILES string of the molecule is CN(C)CCNC(=O)/C=C/c1cccc([N+](=O)[O-])c1. The van der Waals surface area contributed by atoms with E-state index in [1.807, 2.05) is 19.0 Å². The zero-order valence-corrected chi connectivity index (χ0v) is 11.0. The van der Waals surface area contributed by atoms with Crippen molar-refractivity contribution in [2.75, 3.05) is 27.2 Å². The number of amides is 1. The Balaban J connectivity index is 2.54.